The number of carbonyl (C=O) groups is 1. The van der Waals surface area contributed by atoms with E-state index in [4.69, 9.17) is 0 Å². The first-order valence-electron chi connectivity index (χ1n) is 8.38. The zero-order valence-corrected chi connectivity index (χ0v) is 14.9. The van der Waals surface area contributed by atoms with Gasteiger partial charge in [0.1, 0.15) is 0 Å². The third kappa shape index (κ3) is 6.70. The maximum Gasteiger partial charge on any atom is 0.220 e. The molecule has 6 nitrogen and oxygen atoms in total. The lowest BCUT2D eigenvalue weighted by Gasteiger charge is -2.25. The molecule has 1 amide bonds. The van der Waals surface area contributed by atoms with E-state index in [9.17, 15) is 9.00 Å². The first kappa shape index (κ1) is 18.4. The molecule has 2 atom stereocenters. The molecule has 1 aliphatic rings. The molecule has 1 fully saturated rings. The van der Waals surface area contributed by atoms with Gasteiger partial charge in [-0.05, 0) is 18.9 Å². The number of nitrogens with zero attached hydrogens (tertiary/aromatic N) is 1. The van der Waals surface area contributed by atoms with Gasteiger partial charge in [0.15, 0.2) is 5.96 Å². The summed E-state index contributed by atoms with van der Waals surface area (Å²) in [6, 6.07) is 10.0. The maximum absolute atomic E-state index is 12.1. The van der Waals surface area contributed by atoms with Crippen molar-refractivity contribution in [3.8, 4) is 0 Å². The highest BCUT2D eigenvalue weighted by Crippen LogP contribution is 2.04. The van der Waals surface area contributed by atoms with Crippen LogP contribution in [0.15, 0.2) is 35.3 Å². The Morgan fingerprint density at radius 3 is 2.83 bits per heavy atom. The van der Waals surface area contributed by atoms with Gasteiger partial charge >= 0.3 is 0 Å². The molecular weight excluding hydrogens is 324 g/mol. The predicted octanol–water partition coefficient (Wildman–Crippen LogP) is 0.769. The van der Waals surface area contributed by atoms with E-state index in [0.29, 0.717) is 31.0 Å². The number of carbonyl (C=O) groups excluding carboxylic acids is 1. The lowest BCUT2D eigenvalue weighted by atomic mass is 10.1. The van der Waals surface area contributed by atoms with Crippen LogP contribution in [-0.4, -0.2) is 47.5 Å². The Labute approximate surface area is 146 Å². The second-order valence-corrected chi connectivity index (χ2v) is 7.30. The van der Waals surface area contributed by atoms with E-state index in [1.54, 1.807) is 0 Å². The van der Waals surface area contributed by atoms with Gasteiger partial charge in [-0.15, -0.1) is 0 Å². The molecule has 0 aromatic heterocycles. The smallest absolute Gasteiger partial charge is 0.220 e. The van der Waals surface area contributed by atoms with E-state index < -0.39 is 10.8 Å². The summed E-state index contributed by atoms with van der Waals surface area (Å²) in [6.07, 6.45) is 1.34. The number of guanidine groups is 1. The summed E-state index contributed by atoms with van der Waals surface area (Å²) in [4.78, 5) is 15.7. The highest BCUT2D eigenvalue weighted by atomic mass is 32.2. The fourth-order valence-electron chi connectivity index (χ4n) is 2.46. The monoisotopic (exact) mass is 350 g/mol. The van der Waals surface area contributed by atoms with Crippen LogP contribution < -0.4 is 16.0 Å². The van der Waals surface area contributed by atoms with Crippen LogP contribution in [0.1, 0.15) is 25.3 Å². The molecule has 24 heavy (non-hydrogen) atoms. The Hall–Kier alpha value is -1.89. The van der Waals surface area contributed by atoms with Crippen LogP contribution in [0.5, 0.6) is 0 Å². The minimum absolute atomic E-state index is 0.103. The molecule has 0 spiro atoms. The van der Waals surface area contributed by atoms with Crippen molar-refractivity contribution in [1.29, 1.82) is 0 Å². The first-order valence-corrected chi connectivity index (χ1v) is 9.86. The number of aliphatic imine (C=N–C) groups is 1. The van der Waals surface area contributed by atoms with Gasteiger partial charge in [-0.3, -0.25) is 14.0 Å². The molecule has 1 heterocycles. The highest BCUT2D eigenvalue weighted by Gasteiger charge is 2.18. The topological polar surface area (TPSA) is 82.6 Å². The minimum Gasteiger partial charge on any atom is -0.357 e. The lowest BCUT2D eigenvalue weighted by molar-refractivity contribution is -0.122. The number of piperidine rings is 1. The fraction of sp³-hybridized carbons (Fsp3) is 0.529. The number of hydrogen-bond donors (Lipinski definition) is 3. The number of hydrogen-bond acceptors (Lipinski definition) is 3. The van der Waals surface area contributed by atoms with E-state index in [-0.39, 0.29) is 11.9 Å². The van der Waals surface area contributed by atoms with Gasteiger partial charge in [0.05, 0.1) is 6.54 Å². The van der Waals surface area contributed by atoms with E-state index >= 15 is 0 Å². The number of nitrogens with one attached hydrogen (secondary N) is 3. The standard InChI is InChI=1S/C17H26N4O2S/c1-2-18-17(21-15-8-9-16(22)20-12-15)19-10-11-24(23)13-14-6-4-3-5-7-14/h3-7,15H,2,8-13H2,1H3,(H,20,22)(H2,18,19,21). The molecule has 0 bridgehead atoms. The fourth-order valence-corrected chi connectivity index (χ4v) is 3.46. The summed E-state index contributed by atoms with van der Waals surface area (Å²) in [5.41, 5.74) is 1.09. The van der Waals surface area contributed by atoms with E-state index in [1.165, 1.54) is 0 Å². The molecule has 0 aliphatic carbocycles. The predicted molar refractivity (Wildman–Crippen MR) is 98.3 cm³/mol. The molecule has 2 rings (SSSR count). The Balaban J connectivity index is 1.77. The first-order chi connectivity index (χ1) is 11.7. The van der Waals surface area contributed by atoms with Crippen LogP contribution in [-0.2, 0) is 21.3 Å². The van der Waals surface area contributed by atoms with E-state index in [0.717, 1.165) is 24.5 Å². The van der Waals surface area contributed by atoms with Gasteiger partial charge in [-0.1, -0.05) is 30.3 Å². The minimum atomic E-state index is -0.922. The van der Waals surface area contributed by atoms with E-state index in [2.05, 4.69) is 20.9 Å². The molecule has 1 aromatic carbocycles. The average molecular weight is 350 g/mol. The van der Waals surface area contributed by atoms with Gasteiger partial charge in [0.25, 0.3) is 0 Å². The van der Waals surface area contributed by atoms with Gasteiger partial charge in [-0.2, -0.15) is 0 Å². The summed E-state index contributed by atoms with van der Waals surface area (Å²) >= 11 is 0. The van der Waals surface area contributed by atoms with Crippen LogP contribution >= 0.6 is 0 Å². The number of benzene rings is 1. The summed E-state index contributed by atoms with van der Waals surface area (Å²) < 4.78 is 12.1. The third-order valence-electron chi connectivity index (χ3n) is 3.71. The van der Waals surface area contributed by atoms with Crippen molar-refractivity contribution < 1.29 is 9.00 Å². The second kappa shape index (κ2) is 10.1. The summed E-state index contributed by atoms with van der Waals surface area (Å²) in [6.45, 7) is 3.89. The summed E-state index contributed by atoms with van der Waals surface area (Å²) in [5.74, 6) is 1.92. The molecule has 132 valence electrons. The van der Waals surface area contributed by atoms with Crippen LogP contribution in [0, 0.1) is 0 Å². The van der Waals surface area contributed by atoms with Crippen molar-refractivity contribution >= 4 is 22.7 Å². The van der Waals surface area contributed by atoms with Crippen LogP contribution in [0.25, 0.3) is 0 Å². The van der Waals surface area contributed by atoms with Crippen LogP contribution in [0.4, 0.5) is 0 Å². The van der Waals surface area contributed by atoms with Crippen molar-refractivity contribution in [3.63, 3.8) is 0 Å². The van der Waals surface area contributed by atoms with Crippen LogP contribution in [0.3, 0.4) is 0 Å². The maximum atomic E-state index is 12.1. The molecule has 0 radical (unpaired) electrons. The van der Waals surface area contributed by atoms with Gasteiger partial charge in [0, 0.05) is 47.9 Å². The Bertz CT molecular complexity index is 567. The van der Waals surface area contributed by atoms with Gasteiger partial charge < -0.3 is 16.0 Å². The summed E-state index contributed by atoms with van der Waals surface area (Å²) in [7, 11) is -0.922. The Morgan fingerprint density at radius 2 is 2.17 bits per heavy atom. The van der Waals surface area contributed by atoms with Crippen molar-refractivity contribution in [3.05, 3.63) is 35.9 Å². The van der Waals surface area contributed by atoms with Crippen molar-refractivity contribution in [1.82, 2.24) is 16.0 Å². The second-order valence-electron chi connectivity index (χ2n) is 5.72. The van der Waals surface area contributed by atoms with Crippen molar-refractivity contribution in [2.45, 2.75) is 31.6 Å². The van der Waals surface area contributed by atoms with Crippen LogP contribution in [0.2, 0.25) is 0 Å². The average Bonchev–Trinajstić information content (AvgIpc) is 2.58. The molecule has 1 aromatic rings. The largest absolute Gasteiger partial charge is 0.357 e. The SMILES string of the molecule is CCNC(=NCCS(=O)Cc1ccccc1)NC1CCC(=O)NC1. The Kier molecular flexibility index (Phi) is 7.74. The molecule has 1 saturated heterocycles. The highest BCUT2D eigenvalue weighted by molar-refractivity contribution is 7.84. The zero-order chi connectivity index (χ0) is 17.2. The molecule has 0 saturated carbocycles. The molecule has 7 heteroatoms. The summed E-state index contributed by atoms with van der Waals surface area (Å²) in [5, 5.41) is 9.37. The Morgan fingerprint density at radius 1 is 1.38 bits per heavy atom. The number of rotatable bonds is 7. The molecular formula is C17H26N4O2S. The lowest BCUT2D eigenvalue weighted by Crippen LogP contribution is -2.51. The molecule has 1 aliphatic heterocycles. The van der Waals surface area contributed by atoms with Gasteiger partial charge in [0.2, 0.25) is 5.91 Å². The number of amides is 1. The zero-order valence-electron chi connectivity index (χ0n) is 14.1. The molecule has 2 unspecified atom stereocenters. The quantitative estimate of drug-likeness (QED) is 0.501. The normalized spacial score (nSPS) is 19.5. The third-order valence-corrected chi connectivity index (χ3v) is 5.00. The van der Waals surface area contributed by atoms with Gasteiger partial charge in [-0.25, -0.2) is 0 Å². The van der Waals surface area contributed by atoms with Crippen molar-refractivity contribution in [2.24, 2.45) is 4.99 Å². The molecule has 3 N–H and O–H groups in total. The van der Waals surface area contributed by atoms with Crippen molar-refractivity contribution in [2.75, 3.05) is 25.4 Å². The van der Waals surface area contributed by atoms with E-state index in [1.807, 2.05) is 37.3 Å².